The second kappa shape index (κ2) is 5.80. The number of aliphatic hydroxyl groups is 1. The summed E-state index contributed by atoms with van der Waals surface area (Å²) in [5.74, 6) is 0.866. The molecular formula is C13H15NO2S. The molecule has 1 aromatic carbocycles. The zero-order valence-electron chi connectivity index (χ0n) is 9.72. The van der Waals surface area contributed by atoms with Gasteiger partial charge in [0.2, 0.25) is 0 Å². The van der Waals surface area contributed by atoms with Gasteiger partial charge in [0, 0.05) is 6.20 Å². The molecular weight excluding hydrogens is 234 g/mol. The normalized spacial score (nSPS) is 10.5. The number of rotatable bonds is 5. The van der Waals surface area contributed by atoms with Crippen molar-refractivity contribution in [3.05, 3.63) is 45.9 Å². The summed E-state index contributed by atoms with van der Waals surface area (Å²) in [5.41, 5.74) is 1.26. The third-order valence-electron chi connectivity index (χ3n) is 2.43. The van der Waals surface area contributed by atoms with Gasteiger partial charge in [-0.15, -0.1) is 11.3 Å². The van der Waals surface area contributed by atoms with Gasteiger partial charge in [-0.25, -0.2) is 4.98 Å². The molecule has 2 rings (SSSR count). The summed E-state index contributed by atoms with van der Waals surface area (Å²) in [6, 6.07) is 8.07. The van der Waals surface area contributed by atoms with Crippen molar-refractivity contribution < 1.29 is 9.84 Å². The Bertz CT molecular complexity index is 482. The molecule has 90 valence electrons. The van der Waals surface area contributed by atoms with Crippen molar-refractivity contribution in [1.29, 1.82) is 0 Å². The zero-order chi connectivity index (χ0) is 12.1. The summed E-state index contributed by atoms with van der Waals surface area (Å²) in [5, 5.41) is 9.82. The average Bonchev–Trinajstić information content (AvgIpc) is 2.84. The Hall–Kier alpha value is -1.39. The van der Waals surface area contributed by atoms with Gasteiger partial charge in [0.05, 0.1) is 11.5 Å². The van der Waals surface area contributed by atoms with Gasteiger partial charge in [0.1, 0.15) is 17.4 Å². The highest BCUT2D eigenvalue weighted by Gasteiger charge is 2.02. The number of aromatic nitrogens is 1. The maximum Gasteiger partial charge on any atom is 0.140 e. The Morgan fingerprint density at radius 2 is 2.29 bits per heavy atom. The van der Waals surface area contributed by atoms with Crippen molar-refractivity contribution in [2.45, 2.75) is 26.6 Å². The van der Waals surface area contributed by atoms with Crippen LogP contribution in [0.2, 0.25) is 0 Å². The van der Waals surface area contributed by atoms with Crippen LogP contribution in [0, 0.1) is 0 Å². The van der Waals surface area contributed by atoms with Crippen molar-refractivity contribution in [2.24, 2.45) is 0 Å². The lowest BCUT2D eigenvalue weighted by atomic mass is 10.2. The van der Waals surface area contributed by atoms with Crippen LogP contribution in [0.4, 0.5) is 0 Å². The number of benzene rings is 1. The Kier molecular flexibility index (Phi) is 4.12. The monoisotopic (exact) mass is 249 g/mol. The second-order valence-corrected chi connectivity index (χ2v) is 4.87. The minimum atomic E-state index is 0.0446. The summed E-state index contributed by atoms with van der Waals surface area (Å²) in [6.07, 6.45) is 2.69. The molecule has 0 unspecified atom stereocenters. The Morgan fingerprint density at radius 1 is 1.41 bits per heavy atom. The summed E-state index contributed by atoms with van der Waals surface area (Å²) < 4.78 is 5.66. The Labute approximate surface area is 105 Å². The van der Waals surface area contributed by atoms with Gasteiger partial charge >= 0.3 is 0 Å². The topological polar surface area (TPSA) is 42.4 Å². The second-order valence-electron chi connectivity index (χ2n) is 3.67. The van der Waals surface area contributed by atoms with Crippen LogP contribution in [0.15, 0.2) is 30.5 Å². The largest absolute Gasteiger partial charge is 0.486 e. The van der Waals surface area contributed by atoms with E-state index < -0.39 is 0 Å². The number of aryl methyl sites for hydroxylation is 1. The fraction of sp³-hybridized carbons (Fsp3) is 0.308. The predicted molar refractivity (Wildman–Crippen MR) is 68.2 cm³/mol. The van der Waals surface area contributed by atoms with Gasteiger partial charge in [0.15, 0.2) is 0 Å². The molecule has 0 aliphatic rings. The third kappa shape index (κ3) is 3.28. The van der Waals surface area contributed by atoms with Gasteiger partial charge in [-0.05, 0) is 24.1 Å². The van der Waals surface area contributed by atoms with E-state index in [1.165, 1.54) is 16.9 Å². The highest BCUT2D eigenvalue weighted by Crippen LogP contribution is 2.18. The molecule has 0 radical (unpaired) electrons. The van der Waals surface area contributed by atoms with Crippen molar-refractivity contribution in [1.82, 2.24) is 4.98 Å². The predicted octanol–water partition coefficient (Wildman–Crippen LogP) is 2.78. The molecule has 0 aliphatic carbocycles. The van der Waals surface area contributed by atoms with Crippen molar-refractivity contribution >= 4 is 11.3 Å². The Morgan fingerprint density at radius 3 is 3.00 bits per heavy atom. The molecule has 0 saturated carbocycles. The minimum absolute atomic E-state index is 0.0446. The molecule has 1 heterocycles. The van der Waals surface area contributed by atoms with Crippen LogP contribution in [0.5, 0.6) is 5.75 Å². The van der Waals surface area contributed by atoms with E-state index >= 15 is 0 Å². The van der Waals surface area contributed by atoms with E-state index in [9.17, 15) is 0 Å². The van der Waals surface area contributed by atoms with Crippen LogP contribution < -0.4 is 4.74 Å². The fourth-order valence-corrected chi connectivity index (χ4v) is 2.18. The summed E-state index contributed by atoms with van der Waals surface area (Å²) in [4.78, 5) is 5.04. The number of aliphatic hydroxyl groups excluding tert-OH is 1. The Balaban J connectivity index is 1.96. The first kappa shape index (κ1) is 12.1. The molecule has 4 heteroatoms. The standard InChI is InChI=1S/C13H15NO2S/c1-2-10-4-3-5-11(6-10)16-9-13-14-7-12(8-15)17-13/h3-7,15H,2,8-9H2,1H3. The lowest BCUT2D eigenvalue weighted by Crippen LogP contribution is -1.94. The molecule has 0 atom stereocenters. The van der Waals surface area contributed by atoms with Crippen LogP contribution in [0.25, 0.3) is 0 Å². The number of hydrogen-bond acceptors (Lipinski definition) is 4. The highest BCUT2D eigenvalue weighted by atomic mass is 32.1. The van der Waals surface area contributed by atoms with Crippen molar-refractivity contribution in [2.75, 3.05) is 0 Å². The van der Waals surface area contributed by atoms with E-state index in [-0.39, 0.29) is 6.61 Å². The van der Waals surface area contributed by atoms with Gasteiger partial charge in [-0.1, -0.05) is 19.1 Å². The van der Waals surface area contributed by atoms with Crippen LogP contribution in [-0.4, -0.2) is 10.1 Å². The van der Waals surface area contributed by atoms with Crippen LogP contribution in [0.1, 0.15) is 22.4 Å². The molecule has 0 spiro atoms. The van der Waals surface area contributed by atoms with E-state index in [1.54, 1.807) is 6.20 Å². The molecule has 0 bridgehead atoms. The van der Waals surface area contributed by atoms with E-state index in [1.807, 2.05) is 18.2 Å². The highest BCUT2D eigenvalue weighted by molar-refractivity contribution is 7.11. The van der Waals surface area contributed by atoms with E-state index in [0.29, 0.717) is 6.61 Å². The lowest BCUT2D eigenvalue weighted by molar-refractivity contribution is 0.285. The van der Waals surface area contributed by atoms with Gasteiger partial charge in [-0.3, -0.25) is 0 Å². The molecule has 2 aromatic rings. The molecule has 0 saturated heterocycles. The SMILES string of the molecule is CCc1cccc(OCc2ncc(CO)s2)c1. The van der Waals surface area contributed by atoms with Crippen LogP contribution >= 0.6 is 11.3 Å². The van der Waals surface area contributed by atoms with Gasteiger partial charge in [0.25, 0.3) is 0 Å². The molecule has 1 aromatic heterocycles. The first-order chi connectivity index (χ1) is 8.31. The average molecular weight is 249 g/mol. The first-order valence-corrected chi connectivity index (χ1v) is 6.39. The lowest BCUT2D eigenvalue weighted by Gasteiger charge is -2.05. The number of thiazole rings is 1. The molecule has 0 fully saturated rings. The van der Waals surface area contributed by atoms with Gasteiger partial charge < -0.3 is 9.84 Å². The summed E-state index contributed by atoms with van der Waals surface area (Å²) in [7, 11) is 0. The van der Waals surface area contributed by atoms with Gasteiger partial charge in [-0.2, -0.15) is 0 Å². The molecule has 3 nitrogen and oxygen atoms in total. The minimum Gasteiger partial charge on any atom is -0.486 e. The number of hydrogen-bond donors (Lipinski definition) is 1. The summed E-state index contributed by atoms with van der Waals surface area (Å²) in [6.45, 7) is 2.62. The third-order valence-corrected chi connectivity index (χ3v) is 3.38. The van der Waals surface area contributed by atoms with E-state index in [2.05, 4.69) is 18.0 Å². The number of ether oxygens (including phenoxy) is 1. The fourth-order valence-electron chi connectivity index (χ4n) is 1.49. The van der Waals surface area contributed by atoms with E-state index in [4.69, 9.17) is 9.84 Å². The van der Waals surface area contributed by atoms with Crippen LogP contribution in [-0.2, 0) is 19.6 Å². The quantitative estimate of drug-likeness (QED) is 0.886. The summed E-state index contributed by atoms with van der Waals surface area (Å²) >= 11 is 1.48. The van der Waals surface area contributed by atoms with Crippen molar-refractivity contribution in [3.8, 4) is 5.75 Å². The zero-order valence-corrected chi connectivity index (χ0v) is 10.5. The van der Waals surface area contributed by atoms with Crippen LogP contribution in [0.3, 0.4) is 0 Å². The molecule has 0 amide bonds. The van der Waals surface area contributed by atoms with E-state index in [0.717, 1.165) is 22.1 Å². The first-order valence-electron chi connectivity index (χ1n) is 5.58. The molecule has 0 aliphatic heterocycles. The van der Waals surface area contributed by atoms with Crippen molar-refractivity contribution in [3.63, 3.8) is 0 Å². The molecule has 1 N–H and O–H groups in total. The maximum atomic E-state index is 8.93. The maximum absolute atomic E-state index is 8.93. The smallest absolute Gasteiger partial charge is 0.140 e. The number of nitrogens with zero attached hydrogens (tertiary/aromatic N) is 1. The molecule has 17 heavy (non-hydrogen) atoms.